The van der Waals surface area contributed by atoms with Crippen molar-refractivity contribution in [1.29, 1.82) is 0 Å². The first-order valence-electron chi connectivity index (χ1n) is 16.4. The monoisotopic (exact) mass is 637 g/mol. The van der Waals surface area contributed by atoms with Gasteiger partial charge in [0, 0.05) is 33.8 Å². The number of nitrogens with one attached hydrogen (secondary N) is 3. The largest absolute Gasteiger partial charge is 0.464 e. The van der Waals surface area contributed by atoms with Crippen LogP contribution in [0.5, 0.6) is 0 Å². The molecule has 1 aliphatic carbocycles. The summed E-state index contributed by atoms with van der Waals surface area (Å²) in [4.78, 5) is 57.6. The van der Waals surface area contributed by atoms with E-state index in [0.29, 0.717) is 17.0 Å². The number of carbonyl (C=O) groups is 3. The average Bonchev–Trinajstić information content (AvgIpc) is 3.12. The number of anilines is 2. The maximum Gasteiger partial charge on any atom is 0.238 e. The van der Waals surface area contributed by atoms with Crippen molar-refractivity contribution in [2.75, 3.05) is 10.6 Å². The highest BCUT2D eigenvalue weighted by Gasteiger charge is 2.43. The summed E-state index contributed by atoms with van der Waals surface area (Å²) in [5.74, 6) is -5.15. The quantitative estimate of drug-likeness (QED) is 0.149. The maximum absolute atomic E-state index is 14.6. The molecule has 0 bridgehead atoms. The van der Waals surface area contributed by atoms with Crippen LogP contribution in [0.2, 0.25) is 0 Å². The number of amides is 3. The summed E-state index contributed by atoms with van der Waals surface area (Å²) in [5, 5.41) is 12.6. The fraction of sp³-hybridized carbons (Fsp3) is 0.200. The van der Waals surface area contributed by atoms with Gasteiger partial charge in [-0.2, -0.15) is 0 Å². The van der Waals surface area contributed by atoms with Crippen molar-refractivity contribution in [2.24, 2.45) is 5.92 Å². The van der Waals surface area contributed by atoms with E-state index < -0.39 is 35.0 Å². The van der Waals surface area contributed by atoms with Crippen molar-refractivity contribution in [1.82, 2.24) is 5.32 Å². The van der Waals surface area contributed by atoms with Gasteiger partial charge in [-0.25, -0.2) is 0 Å². The minimum atomic E-state index is -1.64. The van der Waals surface area contributed by atoms with Gasteiger partial charge in [-0.05, 0) is 47.9 Å². The molecule has 0 aliphatic heterocycles. The summed E-state index contributed by atoms with van der Waals surface area (Å²) < 4.78 is 5.86. The molecule has 3 amide bonds. The van der Waals surface area contributed by atoms with Gasteiger partial charge in [0.2, 0.25) is 17.7 Å². The lowest BCUT2D eigenvalue weighted by Crippen LogP contribution is -2.48. The number of benzene rings is 5. The Morgan fingerprint density at radius 2 is 1.12 bits per heavy atom. The van der Waals surface area contributed by atoms with Crippen LogP contribution in [0, 0.1) is 5.92 Å². The third-order valence-electron chi connectivity index (χ3n) is 9.27. The Morgan fingerprint density at radius 1 is 0.604 bits per heavy atom. The Kier molecular flexibility index (Phi) is 8.71. The van der Waals surface area contributed by atoms with Crippen LogP contribution in [0.15, 0.2) is 125 Å². The smallest absolute Gasteiger partial charge is 0.238 e. The Balaban J connectivity index is 1.36. The highest BCUT2D eigenvalue weighted by molar-refractivity contribution is 6.17. The van der Waals surface area contributed by atoms with Gasteiger partial charge in [-0.1, -0.05) is 104 Å². The zero-order chi connectivity index (χ0) is 33.0. The number of carbonyl (C=O) groups excluding carboxylic acids is 3. The van der Waals surface area contributed by atoms with Gasteiger partial charge in [0.05, 0.1) is 17.6 Å². The van der Waals surface area contributed by atoms with Crippen LogP contribution in [0.1, 0.15) is 43.6 Å². The van der Waals surface area contributed by atoms with E-state index in [2.05, 4.69) is 16.0 Å². The molecule has 1 atom stereocenters. The molecule has 5 aromatic carbocycles. The standard InChI is InChI=1S/C40H35N3O5/c44-37-30-20-8-9-23-34(30)48-24-31(37)35(38(45)41-27-16-2-1-3-17-27)36(39(46)42-32-21-10-14-25-12-4-6-18-28(25)32)40(47)43-33-22-11-15-26-13-5-7-19-29(26)33/h4-15,18-24,27,35-36H,1-3,16-17H2,(H,41,45)(H,42,46)(H,43,47). The number of para-hydroxylation sites is 1. The topological polar surface area (TPSA) is 118 Å². The fourth-order valence-electron chi connectivity index (χ4n) is 6.83. The number of hydrogen-bond acceptors (Lipinski definition) is 5. The normalized spacial score (nSPS) is 14.2. The molecule has 48 heavy (non-hydrogen) atoms. The van der Waals surface area contributed by atoms with Crippen molar-refractivity contribution in [3.05, 3.63) is 131 Å². The van der Waals surface area contributed by atoms with Crippen LogP contribution >= 0.6 is 0 Å². The molecule has 240 valence electrons. The average molecular weight is 638 g/mol. The molecule has 8 nitrogen and oxygen atoms in total. The molecule has 0 spiro atoms. The molecule has 3 N–H and O–H groups in total. The van der Waals surface area contributed by atoms with E-state index in [0.717, 1.165) is 53.6 Å². The van der Waals surface area contributed by atoms with E-state index in [4.69, 9.17) is 4.42 Å². The Bertz CT molecular complexity index is 2120. The van der Waals surface area contributed by atoms with E-state index in [1.165, 1.54) is 6.26 Å². The van der Waals surface area contributed by atoms with E-state index in [9.17, 15) is 19.2 Å². The van der Waals surface area contributed by atoms with Crippen molar-refractivity contribution >= 4 is 61.6 Å². The molecule has 1 unspecified atom stereocenters. The van der Waals surface area contributed by atoms with Crippen LogP contribution in [-0.2, 0) is 14.4 Å². The molecule has 1 saturated carbocycles. The van der Waals surface area contributed by atoms with Gasteiger partial charge in [0.15, 0.2) is 5.43 Å². The number of fused-ring (bicyclic) bond motifs is 3. The third kappa shape index (κ3) is 6.17. The molecule has 6 aromatic rings. The molecular weight excluding hydrogens is 602 g/mol. The Labute approximate surface area is 277 Å². The predicted octanol–water partition coefficient (Wildman–Crippen LogP) is 7.53. The van der Waals surface area contributed by atoms with Gasteiger partial charge >= 0.3 is 0 Å². The van der Waals surface area contributed by atoms with E-state index in [1.807, 2.05) is 72.8 Å². The van der Waals surface area contributed by atoms with Gasteiger partial charge < -0.3 is 20.4 Å². The van der Waals surface area contributed by atoms with Crippen LogP contribution in [0.25, 0.3) is 32.5 Å². The highest BCUT2D eigenvalue weighted by Crippen LogP contribution is 2.32. The summed E-state index contributed by atoms with van der Waals surface area (Å²) in [6.45, 7) is 0. The molecule has 0 saturated heterocycles. The lowest BCUT2D eigenvalue weighted by Gasteiger charge is -2.29. The third-order valence-corrected chi connectivity index (χ3v) is 9.27. The molecule has 1 heterocycles. The summed E-state index contributed by atoms with van der Waals surface area (Å²) >= 11 is 0. The van der Waals surface area contributed by atoms with E-state index in [1.54, 1.807) is 36.4 Å². The van der Waals surface area contributed by atoms with Crippen molar-refractivity contribution in [3.8, 4) is 0 Å². The number of rotatable bonds is 8. The first-order chi connectivity index (χ1) is 23.5. The lowest BCUT2D eigenvalue weighted by molar-refractivity contribution is -0.136. The second kappa shape index (κ2) is 13.5. The second-order valence-electron chi connectivity index (χ2n) is 12.3. The zero-order valence-electron chi connectivity index (χ0n) is 26.3. The first-order valence-corrected chi connectivity index (χ1v) is 16.4. The van der Waals surface area contributed by atoms with Crippen molar-refractivity contribution in [2.45, 2.75) is 44.1 Å². The van der Waals surface area contributed by atoms with Gasteiger partial charge in [0.1, 0.15) is 11.5 Å². The summed E-state index contributed by atoms with van der Waals surface area (Å²) in [6, 6.07) is 32.7. The second-order valence-corrected chi connectivity index (χ2v) is 12.3. The minimum Gasteiger partial charge on any atom is -0.464 e. The van der Waals surface area contributed by atoms with Crippen LogP contribution in [0.3, 0.4) is 0 Å². The summed E-state index contributed by atoms with van der Waals surface area (Å²) in [7, 11) is 0. The summed E-state index contributed by atoms with van der Waals surface area (Å²) in [6.07, 6.45) is 5.77. The molecular formula is C40H35N3O5. The van der Waals surface area contributed by atoms with Crippen molar-refractivity contribution in [3.63, 3.8) is 0 Å². The molecule has 1 fully saturated rings. The molecule has 1 aromatic heterocycles. The van der Waals surface area contributed by atoms with Gasteiger partial charge in [-0.3, -0.25) is 19.2 Å². The van der Waals surface area contributed by atoms with E-state index >= 15 is 0 Å². The predicted molar refractivity (Wildman–Crippen MR) is 189 cm³/mol. The van der Waals surface area contributed by atoms with E-state index in [-0.39, 0.29) is 17.0 Å². The zero-order valence-corrected chi connectivity index (χ0v) is 26.3. The Hall–Kier alpha value is -5.76. The molecule has 1 aliphatic rings. The van der Waals surface area contributed by atoms with Gasteiger partial charge in [-0.15, -0.1) is 0 Å². The SMILES string of the molecule is O=C(Nc1cccc2ccccc12)C(C(=O)Nc1cccc2ccccc12)C(C(=O)NC1CCCCC1)c1coc2ccccc2c1=O. The van der Waals surface area contributed by atoms with Crippen molar-refractivity contribution < 1.29 is 18.8 Å². The van der Waals surface area contributed by atoms with Crippen LogP contribution < -0.4 is 21.4 Å². The molecule has 7 rings (SSSR count). The summed E-state index contributed by atoms with van der Waals surface area (Å²) in [5.41, 5.74) is 0.778. The highest BCUT2D eigenvalue weighted by atomic mass is 16.3. The van der Waals surface area contributed by atoms with Crippen LogP contribution in [-0.4, -0.2) is 23.8 Å². The Morgan fingerprint density at radius 3 is 1.73 bits per heavy atom. The van der Waals surface area contributed by atoms with Crippen LogP contribution in [0.4, 0.5) is 11.4 Å². The molecule has 0 radical (unpaired) electrons. The number of hydrogen-bond donors (Lipinski definition) is 3. The maximum atomic E-state index is 14.6. The minimum absolute atomic E-state index is 0.0619. The lowest BCUT2D eigenvalue weighted by atomic mass is 9.83. The van der Waals surface area contributed by atoms with Gasteiger partial charge in [0.25, 0.3) is 0 Å². The first kappa shape index (κ1) is 30.9. The fourth-order valence-corrected chi connectivity index (χ4v) is 6.83. The molecule has 8 heteroatoms.